The van der Waals surface area contributed by atoms with Gasteiger partial charge in [0.05, 0.1) is 10.2 Å². The molecule has 2 aromatic carbocycles. The SMILES string of the molecule is Cc1ccc2nc(NC(=O)C(C)n3c(N)nnc3SCc3ccccc3)sc2c1. The summed E-state index contributed by atoms with van der Waals surface area (Å²) < 4.78 is 2.69. The number of nitrogen functional groups attached to an aromatic ring is 1. The minimum Gasteiger partial charge on any atom is -0.368 e. The van der Waals surface area contributed by atoms with Crippen LogP contribution in [0.25, 0.3) is 10.2 Å². The van der Waals surface area contributed by atoms with E-state index in [-0.39, 0.29) is 11.9 Å². The number of anilines is 2. The number of hydrogen-bond donors (Lipinski definition) is 2. The van der Waals surface area contributed by atoms with E-state index in [1.165, 1.54) is 23.1 Å². The standard InChI is InChI=1S/C20H20N6OS2/c1-12-8-9-15-16(10-12)29-19(22-15)23-17(27)13(2)26-18(21)24-25-20(26)28-11-14-6-4-3-5-7-14/h3-10,13H,11H2,1-2H3,(H2,21,24)(H,22,23,27). The third-order valence-electron chi connectivity index (χ3n) is 4.44. The lowest BCUT2D eigenvalue weighted by Crippen LogP contribution is -2.25. The van der Waals surface area contributed by atoms with Crippen molar-refractivity contribution in [1.29, 1.82) is 0 Å². The van der Waals surface area contributed by atoms with Crippen molar-refractivity contribution < 1.29 is 4.79 Å². The zero-order chi connectivity index (χ0) is 20.4. The van der Waals surface area contributed by atoms with Crippen LogP contribution in [0.4, 0.5) is 11.1 Å². The Balaban J connectivity index is 1.50. The summed E-state index contributed by atoms with van der Waals surface area (Å²) in [7, 11) is 0. The van der Waals surface area contributed by atoms with Crippen molar-refractivity contribution in [3.05, 3.63) is 59.7 Å². The molecule has 0 fully saturated rings. The number of aromatic nitrogens is 4. The fourth-order valence-electron chi connectivity index (χ4n) is 2.89. The Morgan fingerprint density at radius 3 is 2.83 bits per heavy atom. The van der Waals surface area contributed by atoms with E-state index in [1.807, 2.05) is 49.4 Å². The maximum Gasteiger partial charge on any atom is 0.249 e. The average molecular weight is 425 g/mol. The molecule has 1 amide bonds. The van der Waals surface area contributed by atoms with Gasteiger partial charge in [0.15, 0.2) is 10.3 Å². The molecule has 4 rings (SSSR count). The molecule has 4 aromatic rings. The van der Waals surface area contributed by atoms with Crippen LogP contribution in [0.3, 0.4) is 0 Å². The third kappa shape index (κ3) is 4.25. The van der Waals surface area contributed by atoms with Gasteiger partial charge in [-0.15, -0.1) is 10.2 Å². The number of carbonyl (C=O) groups is 1. The number of nitrogens with zero attached hydrogens (tertiary/aromatic N) is 4. The number of nitrogens with two attached hydrogens (primary N) is 1. The summed E-state index contributed by atoms with van der Waals surface area (Å²) >= 11 is 2.95. The molecule has 0 saturated carbocycles. The van der Waals surface area contributed by atoms with Gasteiger partial charge in [0, 0.05) is 5.75 Å². The van der Waals surface area contributed by atoms with Crippen LogP contribution in [0, 0.1) is 6.92 Å². The molecule has 2 heterocycles. The summed E-state index contributed by atoms with van der Waals surface area (Å²) in [6.45, 7) is 3.81. The normalized spacial score (nSPS) is 12.2. The fraction of sp³-hybridized carbons (Fsp3) is 0.200. The van der Waals surface area contributed by atoms with Crippen LogP contribution < -0.4 is 11.1 Å². The highest BCUT2D eigenvalue weighted by Crippen LogP contribution is 2.29. The van der Waals surface area contributed by atoms with Gasteiger partial charge in [-0.05, 0) is 37.1 Å². The van der Waals surface area contributed by atoms with E-state index < -0.39 is 6.04 Å². The maximum absolute atomic E-state index is 12.8. The molecular weight excluding hydrogens is 404 g/mol. The van der Waals surface area contributed by atoms with Crippen LogP contribution in [0.15, 0.2) is 53.7 Å². The van der Waals surface area contributed by atoms with E-state index >= 15 is 0 Å². The van der Waals surface area contributed by atoms with E-state index in [1.54, 1.807) is 11.5 Å². The molecule has 9 heteroatoms. The Kier molecular flexibility index (Phi) is 5.50. The Hall–Kier alpha value is -2.91. The van der Waals surface area contributed by atoms with Crippen molar-refractivity contribution >= 4 is 50.3 Å². The lowest BCUT2D eigenvalue weighted by molar-refractivity contribution is -0.118. The number of thioether (sulfide) groups is 1. The molecule has 148 valence electrons. The Morgan fingerprint density at radius 1 is 1.24 bits per heavy atom. The van der Waals surface area contributed by atoms with E-state index in [2.05, 4.69) is 26.6 Å². The molecule has 0 aliphatic rings. The number of benzene rings is 2. The van der Waals surface area contributed by atoms with Gasteiger partial charge in [0.1, 0.15) is 6.04 Å². The van der Waals surface area contributed by atoms with Crippen molar-refractivity contribution in [1.82, 2.24) is 19.7 Å². The number of nitrogens with one attached hydrogen (secondary N) is 1. The van der Waals surface area contributed by atoms with Gasteiger partial charge in [-0.2, -0.15) is 0 Å². The first-order valence-corrected chi connectivity index (χ1v) is 10.9. The van der Waals surface area contributed by atoms with E-state index in [9.17, 15) is 4.79 Å². The maximum atomic E-state index is 12.8. The molecule has 0 aliphatic heterocycles. The van der Waals surface area contributed by atoms with Crippen molar-refractivity contribution in [2.45, 2.75) is 30.8 Å². The van der Waals surface area contributed by atoms with E-state index in [0.29, 0.717) is 16.0 Å². The molecule has 0 saturated heterocycles. The van der Waals surface area contributed by atoms with Gasteiger partial charge >= 0.3 is 0 Å². The summed E-state index contributed by atoms with van der Waals surface area (Å²) in [5.74, 6) is 0.710. The van der Waals surface area contributed by atoms with Crippen LogP contribution in [-0.2, 0) is 10.5 Å². The highest BCUT2D eigenvalue weighted by Gasteiger charge is 2.23. The molecule has 2 aromatic heterocycles. The minimum absolute atomic E-state index is 0.211. The number of rotatable bonds is 6. The van der Waals surface area contributed by atoms with Crippen LogP contribution in [-0.4, -0.2) is 25.7 Å². The van der Waals surface area contributed by atoms with Crippen LogP contribution in [0.5, 0.6) is 0 Å². The van der Waals surface area contributed by atoms with Crippen LogP contribution in [0.2, 0.25) is 0 Å². The van der Waals surface area contributed by atoms with Crippen molar-refractivity contribution in [2.24, 2.45) is 0 Å². The zero-order valence-electron chi connectivity index (χ0n) is 16.0. The highest BCUT2D eigenvalue weighted by molar-refractivity contribution is 7.98. The Bertz CT molecular complexity index is 1150. The first-order valence-electron chi connectivity index (χ1n) is 9.06. The molecule has 7 nitrogen and oxygen atoms in total. The number of fused-ring (bicyclic) bond motifs is 1. The predicted octanol–water partition coefficient (Wildman–Crippen LogP) is 4.27. The summed E-state index contributed by atoms with van der Waals surface area (Å²) in [5, 5.41) is 12.2. The molecule has 3 N–H and O–H groups in total. The largest absolute Gasteiger partial charge is 0.368 e. The topological polar surface area (TPSA) is 98.7 Å². The second-order valence-electron chi connectivity index (χ2n) is 6.64. The van der Waals surface area contributed by atoms with Gasteiger partial charge in [0.2, 0.25) is 11.9 Å². The molecule has 29 heavy (non-hydrogen) atoms. The zero-order valence-corrected chi connectivity index (χ0v) is 17.6. The van der Waals surface area contributed by atoms with Gasteiger partial charge < -0.3 is 11.1 Å². The second kappa shape index (κ2) is 8.22. The highest BCUT2D eigenvalue weighted by atomic mass is 32.2. The van der Waals surface area contributed by atoms with Crippen LogP contribution in [0.1, 0.15) is 24.1 Å². The molecule has 0 radical (unpaired) electrons. The average Bonchev–Trinajstić information content (AvgIpc) is 3.28. The van der Waals surface area contributed by atoms with Crippen molar-refractivity contribution in [2.75, 3.05) is 11.1 Å². The first-order chi connectivity index (χ1) is 14.0. The monoisotopic (exact) mass is 424 g/mol. The number of carbonyl (C=O) groups excluding carboxylic acids is 1. The fourth-order valence-corrected chi connectivity index (χ4v) is 4.83. The Morgan fingerprint density at radius 2 is 2.03 bits per heavy atom. The number of hydrogen-bond acceptors (Lipinski definition) is 7. The summed E-state index contributed by atoms with van der Waals surface area (Å²) in [5.41, 5.74) is 9.19. The molecule has 0 aliphatic carbocycles. The summed E-state index contributed by atoms with van der Waals surface area (Å²) in [6.07, 6.45) is 0. The lowest BCUT2D eigenvalue weighted by Gasteiger charge is -2.15. The number of thiazole rings is 1. The smallest absolute Gasteiger partial charge is 0.249 e. The minimum atomic E-state index is -0.572. The Labute approximate surface area is 176 Å². The summed E-state index contributed by atoms with van der Waals surface area (Å²) in [6, 6.07) is 15.5. The van der Waals surface area contributed by atoms with E-state index in [4.69, 9.17) is 5.73 Å². The number of amides is 1. The van der Waals surface area contributed by atoms with Crippen molar-refractivity contribution in [3.8, 4) is 0 Å². The quantitative estimate of drug-likeness (QED) is 0.449. The molecule has 1 atom stereocenters. The van der Waals surface area contributed by atoms with Crippen LogP contribution >= 0.6 is 23.1 Å². The predicted molar refractivity (Wildman–Crippen MR) is 118 cm³/mol. The van der Waals surface area contributed by atoms with Gasteiger partial charge in [-0.3, -0.25) is 9.36 Å². The van der Waals surface area contributed by atoms with Crippen molar-refractivity contribution in [3.63, 3.8) is 0 Å². The van der Waals surface area contributed by atoms with Gasteiger partial charge in [0.25, 0.3) is 0 Å². The molecule has 0 spiro atoms. The molecular formula is C20H20N6OS2. The summed E-state index contributed by atoms with van der Waals surface area (Å²) in [4.78, 5) is 17.3. The third-order valence-corrected chi connectivity index (χ3v) is 6.39. The first kappa shape index (κ1) is 19.4. The lowest BCUT2D eigenvalue weighted by atomic mass is 10.2. The van der Waals surface area contributed by atoms with Gasteiger partial charge in [-0.25, -0.2) is 4.98 Å². The molecule has 1 unspecified atom stereocenters. The van der Waals surface area contributed by atoms with Gasteiger partial charge in [-0.1, -0.05) is 59.5 Å². The second-order valence-corrected chi connectivity index (χ2v) is 8.61. The van der Waals surface area contributed by atoms with E-state index in [0.717, 1.165) is 21.3 Å². The molecule has 0 bridgehead atoms. The number of aryl methyl sites for hydroxylation is 1.